The quantitative estimate of drug-likeness (QED) is 0.308. The van der Waals surface area contributed by atoms with Crippen molar-refractivity contribution in [2.75, 3.05) is 13.7 Å². The highest BCUT2D eigenvalue weighted by atomic mass is 32.1. The summed E-state index contributed by atoms with van der Waals surface area (Å²) in [5.74, 6) is -0.711. The molecule has 1 rings (SSSR count). The fourth-order valence-corrected chi connectivity index (χ4v) is 1.89. The van der Waals surface area contributed by atoms with Crippen LogP contribution in [0.3, 0.4) is 0 Å². The number of nitrogens with one attached hydrogen (secondary N) is 3. The van der Waals surface area contributed by atoms with Gasteiger partial charge in [0.2, 0.25) is 0 Å². The summed E-state index contributed by atoms with van der Waals surface area (Å²) in [6.45, 7) is 2.88. The summed E-state index contributed by atoms with van der Waals surface area (Å²) in [6, 6.07) is 4.44. The Morgan fingerprint density at radius 1 is 1.35 bits per heavy atom. The van der Waals surface area contributed by atoms with Crippen molar-refractivity contribution >= 4 is 29.3 Å². The molecular formula is C16H22FN3O2S. The van der Waals surface area contributed by atoms with E-state index in [-0.39, 0.29) is 11.7 Å². The molecule has 0 fully saturated rings. The number of hydrazine groups is 1. The second-order valence-electron chi connectivity index (χ2n) is 4.80. The molecule has 0 heterocycles. The van der Waals surface area contributed by atoms with Crippen molar-refractivity contribution < 1.29 is 13.9 Å². The van der Waals surface area contributed by atoms with Gasteiger partial charge in [0.1, 0.15) is 0 Å². The fourth-order valence-electron chi connectivity index (χ4n) is 1.74. The van der Waals surface area contributed by atoms with Gasteiger partial charge in [-0.2, -0.15) is 0 Å². The van der Waals surface area contributed by atoms with Crippen LogP contribution in [0, 0.1) is 5.82 Å². The maximum Gasteiger partial charge on any atom is 0.262 e. The summed E-state index contributed by atoms with van der Waals surface area (Å²) >= 11 is 5.02. The number of amides is 1. The van der Waals surface area contributed by atoms with Crippen LogP contribution in [0.5, 0.6) is 5.75 Å². The fraction of sp³-hybridized carbons (Fsp3) is 0.375. The van der Waals surface area contributed by atoms with Crippen molar-refractivity contribution in [1.29, 1.82) is 0 Å². The minimum Gasteiger partial charge on any atom is -0.494 e. The molecule has 0 bridgehead atoms. The Morgan fingerprint density at radius 3 is 2.78 bits per heavy atom. The summed E-state index contributed by atoms with van der Waals surface area (Å²) in [7, 11) is 1.40. The summed E-state index contributed by atoms with van der Waals surface area (Å²) in [5, 5.41) is 3.34. The Hall–Kier alpha value is -2.15. The zero-order valence-electron chi connectivity index (χ0n) is 13.3. The lowest BCUT2D eigenvalue weighted by Crippen LogP contribution is -2.46. The third-order valence-corrected chi connectivity index (χ3v) is 3.21. The van der Waals surface area contributed by atoms with E-state index in [0.29, 0.717) is 10.7 Å². The third kappa shape index (κ3) is 7.60. The highest BCUT2D eigenvalue weighted by molar-refractivity contribution is 7.80. The first-order chi connectivity index (χ1) is 11.1. The highest BCUT2D eigenvalue weighted by Gasteiger charge is 2.02. The molecular weight excluding hydrogens is 317 g/mol. The van der Waals surface area contributed by atoms with Gasteiger partial charge in [-0.15, -0.1) is 0 Å². The zero-order chi connectivity index (χ0) is 17.1. The van der Waals surface area contributed by atoms with E-state index in [0.717, 1.165) is 25.8 Å². The van der Waals surface area contributed by atoms with E-state index in [1.54, 1.807) is 6.07 Å². The maximum atomic E-state index is 13.5. The monoisotopic (exact) mass is 339 g/mol. The van der Waals surface area contributed by atoms with Gasteiger partial charge >= 0.3 is 0 Å². The largest absolute Gasteiger partial charge is 0.494 e. The van der Waals surface area contributed by atoms with E-state index in [1.807, 2.05) is 0 Å². The van der Waals surface area contributed by atoms with E-state index in [2.05, 4.69) is 23.1 Å². The molecule has 0 radical (unpaired) electrons. The average molecular weight is 339 g/mol. The Balaban J connectivity index is 2.35. The normalized spacial score (nSPS) is 10.4. The first kappa shape index (κ1) is 18.9. The number of unbranched alkanes of at least 4 members (excludes halogenated alkanes) is 2. The van der Waals surface area contributed by atoms with E-state index >= 15 is 0 Å². The number of halogens is 1. The zero-order valence-corrected chi connectivity index (χ0v) is 14.1. The number of ether oxygens (including phenoxy) is 1. The Bertz CT molecular complexity index is 564. The van der Waals surface area contributed by atoms with Gasteiger partial charge < -0.3 is 10.1 Å². The van der Waals surface area contributed by atoms with Crippen molar-refractivity contribution in [2.45, 2.75) is 26.2 Å². The van der Waals surface area contributed by atoms with Crippen LogP contribution in [-0.2, 0) is 4.79 Å². The second kappa shape index (κ2) is 10.6. The van der Waals surface area contributed by atoms with Crippen LogP contribution in [0.2, 0.25) is 0 Å². The summed E-state index contributed by atoms with van der Waals surface area (Å²) in [5.41, 5.74) is 5.59. The van der Waals surface area contributed by atoms with Crippen molar-refractivity contribution in [1.82, 2.24) is 16.2 Å². The first-order valence-corrected chi connectivity index (χ1v) is 7.83. The van der Waals surface area contributed by atoms with Gasteiger partial charge in [-0.1, -0.05) is 25.8 Å². The topological polar surface area (TPSA) is 62.4 Å². The molecule has 7 heteroatoms. The Labute approximate surface area is 141 Å². The van der Waals surface area contributed by atoms with E-state index in [4.69, 9.17) is 17.0 Å². The number of thiocarbonyl (C=S) groups is 1. The van der Waals surface area contributed by atoms with Crippen LogP contribution >= 0.6 is 12.2 Å². The lowest BCUT2D eigenvalue weighted by Gasteiger charge is -2.10. The van der Waals surface area contributed by atoms with Gasteiger partial charge in [-0.3, -0.25) is 15.6 Å². The van der Waals surface area contributed by atoms with Crippen LogP contribution in [0.1, 0.15) is 31.7 Å². The molecule has 0 saturated heterocycles. The van der Waals surface area contributed by atoms with Crippen molar-refractivity contribution in [2.24, 2.45) is 0 Å². The number of rotatable bonds is 7. The van der Waals surface area contributed by atoms with Gasteiger partial charge in [0.15, 0.2) is 16.7 Å². The van der Waals surface area contributed by atoms with Gasteiger partial charge in [0.05, 0.1) is 7.11 Å². The van der Waals surface area contributed by atoms with Crippen molar-refractivity contribution in [3.05, 3.63) is 35.7 Å². The molecule has 0 aliphatic rings. The highest BCUT2D eigenvalue weighted by Crippen LogP contribution is 2.18. The molecule has 3 N–H and O–H groups in total. The molecule has 23 heavy (non-hydrogen) atoms. The predicted molar refractivity (Wildman–Crippen MR) is 93.4 cm³/mol. The molecule has 0 aliphatic heterocycles. The Morgan fingerprint density at radius 2 is 2.13 bits per heavy atom. The van der Waals surface area contributed by atoms with Gasteiger partial charge in [0, 0.05) is 12.6 Å². The number of hydrogen-bond acceptors (Lipinski definition) is 3. The minimum atomic E-state index is -0.481. The summed E-state index contributed by atoms with van der Waals surface area (Å²) in [4.78, 5) is 11.6. The number of benzene rings is 1. The molecule has 126 valence electrons. The first-order valence-electron chi connectivity index (χ1n) is 7.42. The minimum absolute atomic E-state index is 0.160. The van der Waals surface area contributed by atoms with Gasteiger partial charge in [-0.25, -0.2) is 4.39 Å². The molecule has 0 spiro atoms. The lowest BCUT2D eigenvalue weighted by atomic mass is 10.2. The standard InChI is InChI=1S/C16H22FN3O2S/c1-3-4-5-10-18-16(23)20-19-15(21)9-7-12-6-8-14(22-2)13(17)11-12/h6-9,11H,3-5,10H2,1-2H3,(H,19,21)(H2,18,20,23)/b9-7+. The van der Waals surface area contributed by atoms with Gasteiger partial charge in [0.25, 0.3) is 5.91 Å². The number of carbonyl (C=O) groups excluding carboxylic acids is 1. The molecule has 1 aromatic rings. The molecule has 1 amide bonds. The molecule has 0 unspecified atom stereocenters. The molecule has 1 aromatic carbocycles. The van der Waals surface area contributed by atoms with E-state index < -0.39 is 5.82 Å². The molecule has 5 nitrogen and oxygen atoms in total. The van der Waals surface area contributed by atoms with Crippen LogP contribution in [0.15, 0.2) is 24.3 Å². The molecule has 0 atom stereocenters. The predicted octanol–water partition coefficient (Wildman–Crippen LogP) is 2.53. The summed E-state index contributed by atoms with van der Waals surface area (Å²) in [6.07, 6.45) is 6.07. The lowest BCUT2D eigenvalue weighted by molar-refractivity contribution is -0.116. The SMILES string of the molecule is CCCCCNC(=S)NNC(=O)/C=C/c1ccc(OC)c(F)c1. The van der Waals surface area contributed by atoms with E-state index in [1.165, 1.54) is 31.4 Å². The van der Waals surface area contributed by atoms with Crippen LogP contribution in [0.4, 0.5) is 4.39 Å². The van der Waals surface area contributed by atoms with Crippen LogP contribution < -0.4 is 20.9 Å². The second-order valence-corrected chi connectivity index (χ2v) is 5.21. The number of methoxy groups -OCH3 is 1. The molecule has 0 saturated carbocycles. The van der Waals surface area contributed by atoms with E-state index in [9.17, 15) is 9.18 Å². The third-order valence-electron chi connectivity index (χ3n) is 2.97. The maximum absolute atomic E-state index is 13.5. The van der Waals surface area contributed by atoms with Crippen molar-refractivity contribution in [3.63, 3.8) is 0 Å². The summed E-state index contributed by atoms with van der Waals surface area (Å²) < 4.78 is 18.3. The van der Waals surface area contributed by atoms with Crippen LogP contribution in [0.25, 0.3) is 6.08 Å². The smallest absolute Gasteiger partial charge is 0.262 e. The van der Waals surface area contributed by atoms with Crippen LogP contribution in [-0.4, -0.2) is 24.7 Å². The number of hydrogen-bond donors (Lipinski definition) is 3. The molecule has 0 aromatic heterocycles. The number of carbonyl (C=O) groups is 1. The van der Waals surface area contributed by atoms with Gasteiger partial charge in [-0.05, 0) is 42.4 Å². The van der Waals surface area contributed by atoms with Crippen molar-refractivity contribution in [3.8, 4) is 5.75 Å². The average Bonchev–Trinajstić information content (AvgIpc) is 2.55. The molecule has 0 aliphatic carbocycles. The Kier molecular flexibility index (Phi) is 8.67.